The molecule has 1 aliphatic carbocycles. The van der Waals surface area contributed by atoms with Gasteiger partial charge in [-0.2, -0.15) is 0 Å². The molecule has 1 heteroatoms. The first-order valence-electron chi connectivity index (χ1n) is 5.54. The minimum absolute atomic E-state index is 0.123. The Balaban J connectivity index is 2.13. The first kappa shape index (κ1) is 9.72. The molecular formula is C13H18O. The van der Waals surface area contributed by atoms with Gasteiger partial charge in [-0.05, 0) is 24.3 Å². The van der Waals surface area contributed by atoms with Crippen LogP contribution in [0.1, 0.15) is 37.7 Å². The molecule has 3 atom stereocenters. The molecule has 0 heterocycles. The van der Waals surface area contributed by atoms with Crippen LogP contribution in [-0.2, 0) is 0 Å². The number of rotatable bonds is 2. The zero-order valence-corrected chi connectivity index (χ0v) is 8.69. The van der Waals surface area contributed by atoms with Crippen molar-refractivity contribution in [2.45, 2.75) is 38.2 Å². The van der Waals surface area contributed by atoms with Crippen LogP contribution in [-0.4, -0.2) is 11.2 Å². The van der Waals surface area contributed by atoms with E-state index in [0.717, 1.165) is 18.8 Å². The summed E-state index contributed by atoms with van der Waals surface area (Å²) in [6.07, 6.45) is 3.21. The van der Waals surface area contributed by atoms with Gasteiger partial charge >= 0.3 is 0 Å². The molecule has 1 fully saturated rings. The fourth-order valence-corrected chi connectivity index (χ4v) is 2.51. The average Bonchev–Trinajstić information content (AvgIpc) is 2.61. The van der Waals surface area contributed by atoms with E-state index in [1.807, 2.05) is 6.07 Å². The second-order valence-corrected chi connectivity index (χ2v) is 4.33. The van der Waals surface area contributed by atoms with Gasteiger partial charge in [0.05, 0.1) is 6.10 Å². The lowest BCUT2D eigenvalue weighted by molar-refractivity contribution is 0.160. The smallest absolute Gasteiger partial charge is 0.0611 e. The topological polar surface area (TPSA) is 20.2 Å². The van der Waals surface area contributed by atoms with Crippen molar-refractivity contribution in [3.05, 3.63) is 35.9 Å². The van der Waals surface area contributed by atoms with Crippen LogP contribution in [0.5, 0.6) is 0 Å². The van der Waals surface area contributed by atoms with E-state index in [2.05, 4.69) is 31.2 Å². The van der Waals surface area contributed by atoms with E-state index in [0.29, 0.717) is 5.92 Å². The first-order valence-corrected chi connectivity index (χ1v) is 5.54. The second-order valence-electron chi connectivity index (χ2n) is 4.33. The monoisotopic (exact) mass is 190 g/mol. The molecule has 1 unspecified atom stereocenters. The van der Waals surface area contributed by atoms with Gasteiger partial charge in [-0.1, -0.05) is 43.7 Å². The Bertz CT molecular complexity index is 281. The predicted molar refractivity (Wildman–Crippen MR) is 58.2 cm³/mol. The lowest BCUT2D eigenvalue weighted by Crippen LogP contribution is -2.10. The standard InChI is InChI=1S/C13H18O/c1-2-10-8-12(13(14)9-10)11-6-4-3-5-7-11/h3-7,10,12-14H,2,8-9H2,1H3/t10-,12+,13?/m0/s1. The van der Waals surface area contributed by atoms with Gasteiger partial charge in [-0.25, -0.2) is 0 Å². The van der Waals surface area contributed by atoms with Gasteiger partial charge in [-0.15, -0.1) is 0 Å². The molecule has 0 saturated heterocycles. The van der Waals surface area contributed by atoms with Crippen LogP contribution in [0.25, 0.3) is 0 Å². The minimum Gasteiger partial charge on any atom is -0.392 e. The lowest BCUT2D eigenvalue weighted by atomic mass is 9.95. The summed E-state index contributed by atoms with van der Waals surface area (Å²) in [6.45, 7) is 2.21. The summed E-state index contributed by atoms with van der Waals surface area (Å²) in [5.74, 6) is 1.09. The maximum absolute atomic E-state index is 9.94. The van der Waals surface area contributed by atoms with E-state index in [1.165, 1.54) is 12.0 Å². The van der Waals surface area contributed by atoms with Crippen LogP contribution in [0.15, 0.2) is 30.3 Å². The van der Waals surface area contributed by atoms with Crippen LogP contribution in [0.4, 0.5) is 0 Å². The summed E-state index contributed by atoms with van der Waals surface area (Å²) < 4.78 is 0. The minimum atomic E-state index is -0.123. The predicted octanol–water partition coefficient (Wildman–Crippen LogP) is 2.95. The zero-order chi connectivity index (χ0) is 9.97. The van der Waals surface area contributed by atoms with Gasteiger partial charge in [0.15, 0.2) is 0 Å². The molecule has 2 rings (SSSR count). The Morgan fingerprint density at radius 2 is 1.93 bits per heavy atom. The maximum atomic E-state index is 9.94. The molecule has 1 N–H and O–H groups in total. The SMILES string of the molecule is CC[C@@H]1CC(O)[C@@H](c2ccccc2)C1. The summed E-state index contributed by atoms with van der Waals surface area (Å²) >= 11 is 0. The van der Waals surface area contributed by atoms with E-state index in [-0.39, 0.29) is 6.10 Å². The fourth-order valence-electron chi connectivity index (χ4n) is 2.51. The van der Waals surface area contributed by atoms with Gasteiger partial charge in [0, 0.05) is 5.92 Å². The number of benzene rings is 1. The molecule has 0 amide bonds. The summed E-state index contributed by atoms with van der Waals surface area (Å²) in [7, 11) is 0. The third kappa shape index (κ3) is 1.83. The highest BCUT2D eigenvalue weighted by molar-refractivity contribution is 5.22. The molecule has 1 aromatic carbocycles. The molecule has 1 aliphatic rings. The molecule has 0 aliphatic heterocycles. The third-order valence-corrected chi connectivity index (χ3v) is 3.43. The Kier molecular flexibility index (Phi) is 2.87. The largest absolute Gasteiger partial charge is 0.392 e. The van der Waals surface area contributed by atoms with Crippen molar-refractivity contribution in [3.8, 4) is 0 Å². The Hall–Kier alpha value is -0.820. The highest BCUT2D eigenvalue weighted by Crippen LogP contribution is 2.39. The summed E-state index contributed by atoms with van der Waals surface area (Å²) in [5, 5.41) is 9.94. The Morgan fingerprint density at radius 1 is 1.21 bits per heavy atom. The zero-order valence-electron chi connectivity index (χ0n) is 8.69. The van der Waals surface area contributed by atoms with E-state index >= 15 is 0 Å². The van der Waals surface area contributed by atoms with Gasteiger partial charge in [0.2, 0.25) is 0 Å². The van der Waals surface area contributed by atoms with Crippen molar-refractivity contribution in [2.75, 3.05) is 0 Å². The third-order valence-electron chi connectivity index (χ3n) is 3.43. The Labute approximate surface area is 85.8 Å². The van der Waals surface area contributed by atoms with Gasteiger partial charge in [-0.3, -0.25) is 0 Å². The van der Waals surface area contributed by atoms with Crippen molar-refractivity contribution in [3.63, 3.8) is 0 Å². The second kappa shape index (κ2) is 4.14. The van der Waals surface area contributed by atoms with E-state index in [9.17, 15) is 5.11 Å². The van der Waals surface area contributed by atoms with Gasteiger partial charge in [0.1, 0.15) is 0 Å². The quantitative estimate of drug-likeness (QED) is 0.760. The van der Waals surface area contributed by atoms with Crippen molar-refractivity contribution < 1.29 is 5.11 Å². The highest BCUT2D eigenvalue weighted by atomic mass is 16.3. The molecule has 1 aromatic rings. The van der Waals surface area contributed by atoms with Crippen LogP contribution >= 0.6 is 0 Å². The molecule has 0 radical (unpaired) electrons. The van der Waals surface area contributed by atoms with Crippen molar-refractivity contribution >= 4 is 0 Å². The van der Waals surface area contributed by atoms with Crippen molar-refractivity contribution in [1.82, 2.24) is 0 Å². The highest BCUT2D eigenvalue weighted by Gasteiger charge is 2.32. The molecule has 0 bridgehead atoms. The molecule has 1 saturated carbocycles. The number of hydrogen-bond donors (Lipinski definition) is 1. The normalized spacial score (nSPS) is 32.0. The average molecular weight is 190 g/mol. The fraction of sp³-hybridized carbons (Fsp3) is 0.538. The number of aliphatic hydroxyl groups is 1. The number of hydrogen-bond acceptors (Lipinski definition) is 1. The van der Waals surface area contributed by atoms with Gasteiger partial charge in [0.25, 0.3) is 0 Å². The first-order chi connectivity index (χ1) is 6.81. The van der Waals surface area contributed by atoms with Crippen LogP contribution < -0.4 is 0 Å². The van der Waals surface area contributed by atoms with Crippen molar-refractivity contribution in [2.24, 2.45) is 5.92 Å². The molecular weight excluding hydrogens is 172 g/mol. The molecule has 14 heavy (non-hydrogen) atoms. The van der Waals surface area contributed by atoms with E-state index < -0.39 is 0 Å². The van der Waals surface area contributed by atoms with E-state index in [4.69, 9.17) is 0 Å². The summed E-state index contributed by atoms with van der Waals surface area (Å²) in [5.41, 5.74) is 1.30. The Morgan fingerprint density at radius 3 is 2.50 bits per heavy atom. The van der Waals surface area contributed by atoms with Crippen LogP contribution in [0.2, 0.25) is 0 Å². The summed E-state index contributed by atoms with van der Waals surface area (Å²) in [6, 6.07) is 10.4. The summed E-state index contributed by atoms with van der Waals surface area (Å²) in [4.78, 5) is 0. The molecule has 76 valence electrons. The van der Waals surface area contributed by atoms with Crippen LogP contribution in [0.3, 0.4) is 0 Å². The molecule has 0 spiro atoms. The molecule has 1 nitrogen and oxygen atoms in total. The lowest BCUT2D eigenvalue weighted by Gasteiger charge is -2.14. The molecule has 0 aromatic heterocycles. The van der Waals surface area contributed by atoms with E-state index in [1.54, 1.807) is 0 Å². The number of aliphatic hydroxyl groups excluding tert-OH is 1. The van der Waals surface area contributed by atoms with Crippen LogP contribution in [0, 0.1) is 5.92 Å². The van der Waals surface area contributed by atoms with Crippen molar-refractivity contribution in [1.29, 1.82) is 0 Å². The van der Waals surface area contributed by atoms with Gasteiger partial charge < -0.3 is 5.11 Å². The maximum Gasteiger partial charge on any atom is 0.0611 e.